The molecule has 1 unspecified atom stereocenters. The van der Waals surface area contributed by atoms with Crippen LogP contribution in [0.4, 0.5) is 0 Å². The number of carbonyl (C=O) groups is 1. The maximum atomic E-state index is 12.8. The predicted octanol–water partition coefficient (Wildman–Crippen LogP) is 4.25. The highest BCUT2D eigenvalue weighted by Gasteiger charge is 2.16. The summed E-state index contributed by atoms with van der Waals surface area (Å²) in [4.78, 5) is 19.5. The minimum Gasteiger partial charge on any atom is -0.487 e. The van der Waals surface area contributed by atoms with E-state index >= 15 is 0 Å². The molecule has 2 aromatic carbocycles. The summed E-state index contributed by atoms with van der Waals surface area (Å²) in [6.45, 7) is 2.90. The molecule has 6 heteroatoms. The van der Waals surface area contributed by atoms with Gasteiger partial charge in [-0.1, -0.05) is 42.5 Å². The molecule has 1 amide bonds. The van der Waals surface area contributed by atoms with Crippen molar-refractivity contribution in [1.29, 1.82) is 0 Å². The zero-order valence-corrected chi connectivity index (χ0v) is 18.7. The van der Waals surface area contributed by atoms with Gasteiger partial charge in [-0.3, -0.25) is 4.79 Å². The number of aromatic nitrogens is 2. The summed E-state index contributed by atoms with van der Waals surface area (Å²) in [5.74, 6) is 0.513. The Morgan fingerprint density at radius 1 is 1.06 bits per heavy atom. The van der Waals surface area contributed by atoms with E-state index in [1.54, 1.807) is 12.1 Å². The molecule has 4 aromatic rings. The Kier molecular flexibility index (Phi) is 6.52. The van der Waals surface area contributed by atoms with Crippen LogP contribution in [0.1, 0.15) is 33.2 Å². The number of fused-ring (bicyclic) bond motifs is 1. The van der Waals surface area contributed by atoms with E-state index in [9.17, 15) is 4.79 Å². The lowest BCUT2D eigenvalue weighted by Crippen LogP contribution is -2.34. The number of amides is 1. The minimum absolute atomic E-state index is 0.0956. The molecule has 0 aliphatic carbocycles. The number of ether oxygens (including phenoxy) is 1. The van der Waals surface area contributed by atoms with Crippen LogP contribution >= 0.6 is 0 Å². The van der Waals surface area contributed by atoms with E-state index in [0.717, 1.165) is 16.9 Å². The van der Waals surface area contributed by atoms with Gasteiger partial charge in [-0.15, -0.1) is 0 Å². The highest BCUT2D eigenvalue weighted by atomic mass is 16.5. The molecule has 0 saturated carbocycles. The van der Waals surface area contributed by atoms with Crippen LogP contribution in [0.3, 0.4) is 0 Å². The fourth-order valence-electron chi connectivity index (χ4n) is 3.67. The molecule has 0 radical (unpaired) electrons. The minimum atomic E-state index is -0.124. The molecule has 0 saturated heterocycles. The summed E-state index contributed by atoms with van der Waals surface area (Å²) in [6, 6.07) is 21.5. The predicted molar refractivity (Wildman–Crippen MR) is 126 cm³/mol. The Hall–Kier alpha value is -3.64. The van der Waals surface area contributed by atoms with Gasteiger partial charge < -0.3 is 19.4 Å². The third-order valence-corrected chi connectivity index (χ3v) is 5.40. The van der Waals surface area contributed by atoms with Crippen molar-refractivity contribution in [1.82, 2.24) is 19.6 Å². The first-order valence-electron chi connectivity index (χ1n) is 10.7. The second-order valence-electron chi connectivity index (χ2n) is 8.12. The van der Waals surface area contributed by atoms with Crippen LogP contribution in [0.5, 0.6) is 5.75 Å². The van der Waals surface area contributed by atoms with Gasteiger partial charge in [0.1, 0.15) is 18.0 Å². The normalized spacial score (nSPS) is 12.1. The number of hydrogen-bond donors (Lipinski definition) is 1. The molecule has 164 valence electrons. The summed E-state index contributed by atoms with van der Waals surface area (Å²) < 4.78 is 7.90. The van der Waals surface area contributed by atoms with E-state index < -0.39 is 0 Å². The van der Waals surface area contributed by atoms with E-state index in [4.69, 9.17) is 4.74 Å². The van der Waals surface area contributed by atoms with Crippen molar-refractivity contribution in [3.8, 4) is 5.75 Å². The van der Waals surface area contributed by atoms with Crippen LogP contribution in [0, 0.1) is 6.92 Å². The van der Waals surface area contributed by atoms with Crippen LogP contribution in [0.2, 0.25) is 0 Å². The second kappa shape index (κ2) is 9.66. The van der Waals surface area contributed by atoms with Gasteiger partial charge in [0.2, 0.25) is 0 Å². The van der Waals surface area contributed by atoms with Crippen molar-refractivity contribution in [3.05, 3.63) is 102 Å². The quantitative estimate of drug-likeness (QED) is 0.456. The van der Waals surface area contributed by atoms with E-state index in [-0.39, 0.29) is 11.9 Å². The van der Waals surface area contributed by atoms with Crippen LogP contribution in [-0.2, 0) is 6.61 Å². The van der Waals surface area contributed by atoms with Crippen molar-refractivity contribution >= 4 is 11.6 Å². The van der Waals surface area contributed by atoms with E-state index in [1.165, 1.54) is 5.56 Å². The van der Waals surface area contributed by atoms with Gasteiger partial charge in [0.25, 0.3) is 5.91 Å². The molecule has 0 aliphatic heterocycles. The van der Waals surface area contributed by atoms with Gasteiger partial charge in [-0.2, -0.15) is 0 Å². The summed E-state index contributed by atoms with van der Waals surface area (Å²) in [6.07, 6.45) is 4.00. The average Bonchev–Trinajstić information content (AvgIpc) is 3.20. The van der Waals surface area contributed by atoms with Crippen LogP contribution in [0.25, 0.3) is 5.65 Å². The summed E-state index contributed by atoms with van der Waals surface area (Å²) in [5, 5.41) is 3.05. The third-order valence-electron chi connectivity index (χ3n) is 5.40. The number of pyridine rings is 1. The maximum Gasteiger partial charge on any atom is 0.251 e. The molecule has 1 N–H and O–H groups in total. The first-order chi connectivity index (χ1) is 15.5. The monoisotopic (exact) mass is 428 g/mol. The average molecular weight is 429 g/mol. The van der Waals surface area contributed by atoms with E-state index in [0.29, 0.717) is 24.5 Å². The zero-order chi connectivity index (χ0) is 22.5. The van der Waals surface area contributed by atoms with Crippen molar-refractivity contribution in [3.63, 3.8) is 0 Å². The molecule has 2 aromatic heterocycles. The first kappa shape index (κ1) is 21.6. The Morgan fingerprint density at radius 2 is 1.88 bits per heavy atom. The molecule has 1 atom stereocenters. The molecule has 2 heterocycles. The number of benzene rings is 2. The fraction of sp³-hybridized carbons (Fsp3) is 0.231. The smallest absolute Gasteiger partial charge is 0.251 e. The number of nitrogens with zero attached hydrogens (tertiary/aromatic N) is 3. The molecule has 4 rings (SSSR count). The van der Waals surface area contributed by atoms with Gasteiger partial charge >= 0.3 is 0 Å². The van der Waals surface area contributed by atoms with Gasteiger partial charge in [0.05, 0.1) is 11.7 Å². The van der Waals surface area contributed by atoms with Crippen molar-refractivity contribution in [2.24, 2.45) is 0 Å². The maximum absolute atomic E-state index is 12.8. The van der Waals surface area contributed by atoms with E-state index in [1.807, 2.05) is 80.3 Å². The summed E-state index contributed by atoms with van der Waals surface area (Å²) in [5.41, 5.74) is 4.62. The van der Waals surface area contributed by atoms with Crippen molar-refractivity contribution in [2.75, 3.05) is 20.6 Å². The van der Waals surface area contributed by atoms with Gasteiger partial charge in [-0.25, -0.2) is 4.98 Å². The number of carbonyl (C=O) groups excluding carboxylic acids is 1. The lowest BCUT2D eigenvalue weighted by atomic mass is 10.1. The molecule has 0 bridgehead atoms. The Labute approximate surface area is 188 Å². The molecule has 0 fully saturated rings. The standard InChI is InChI=1S/C26H28N4O2/c1-19-12-13-25-28-22(17-30(25)16-19)18-32-23-11-7-10-21(14-23)26(31)27-15-24(29(2)3)20-8-5-4-6-9-20/h4-14,16-17,24H,15,18H2,1-3H3,(H,27,31). The third kappa shape index (κ3) is 5.15. The highest BCUT2D eigenvalue weighted by Crippen LogP contribution is 2.18. The highest BCUT2D eigenvalue weighted by molar-refractivity contribution is 5.94. The van der Waals surface area contributed by atoms with Crippen molar-refractivity contribution < 1.29 is 9.53 Å². The number of likely N-dealkylation sites (N-methyl/N-ethyl adjacent to an activating group) is 1. The Bertz CT molecular complexity index is 1200. The van der Waals surface area contributed by atoms with Crippen LogP contribution in [0.15, 0.2) is 79.1 Å². The van der Waals surface area contributed by atoms with Crippen molar-refractivity contribution in [2.45, 2.75) is 19.6 Å². The topological polar surface area (TPSA) is 58.9 Å². The van der Waals surface area contributed by atoms with Crippen LogP contribution < -0.4 is 10.1 Å². The fourth-order valence-corrected chi connectivity index (χ4v) is 3.67. The molecule has 6 nitrogen and oxygen atoms in total. The SMILES string of the molecule is Cc1ccc2nc(COc3cccc(C(=O)NCC(c4ccccc4)N(C)C)c3)cn2c1. The number of rotatable bonds is 8. The number of hydrogen-bond acceptors (Lipinski definition) is 4. The molecule has 32 heavy (non-hydrogen) atoms. The number of nitrogens with one attached hydrogen (secondary N) is 1. The zero-order valence-electron chi connectivity index (χ0n) is 18.7. The number of imidazole rings is 1. The lowest BCUT2D eigenvalue weighted by molar-refractivity contribution is 0.0941. The van der Waals surface area contributed by atoms with Gasteiger partial charge in [-0.05, 0) is 56.4 Å². The van der Waals surface area contributed by atoms with Gasteiger partial charge in [0.15, 0.2) is 0 Å². The largest absolute Gasteiger partial charge is 0.487 e. The molecule has 0 spiro atoms. The lowest BCUT2D eigenvalue weighted by Gasteiger charge is -2.25. The Balaban J connectivity index is 1.38. The Morgan fingerprint density at radius 3 is 2.66 bits per heavy atom. The summed E-state index contributed by atoms with van der Waals surface area (Å²) in [7, 11) is 4.03. The summed E-state index contributed by atoms with van der Waals surface area (Å²) >= 11 is 0. The second-order valence-corrected chi connectivity index (χ2v) is 8.12. The molecule has 0 aliphatic rings. The first-order valence-corrected chi connectivity index (χ1v) is 10.7. The molecular formula is C26H28N4O2. The van der Waals surface area contributed by atoms with Gasteiger partial charge in [0, 0.05) is 24.5 Å². The molecular weight excluding hydrogens is 400 g/mol. The van der Waals surface area contributed by atoms with E-state index in [2.05, 4.69) is 27.3 Å². The number of aryl methyl sites for hydroxylation is 1. The van der Waals surface area contributed by atoms with Crippen LogP contribution in [-0.4, -0.2) is 40.8 Å².